The molecule has 1 heterocycles. The van der Waals surface area contributed by atoms with Gasteiger partial charge < -0.3 is 15.4 Å². The van der Waals surface area contributed by atoms with Crippen LogP contribution in [0.25, 0.3) is 0 Å². The van der Waals surface area contributed by atoms with E-state index < -0.39 is 0 Å². The SMILES string of the molecule is COCCC1(CN=C(N)N2CCCCCC2)CC1.I. The maximum atomic E-state index is 6.13. The molecule has 1 aliphatic heterocycles. The van der Waals surface area contributed by atoms with Gasteiger partial charge in [-0.25, -0.2) is 0 Å². The Hall–Kier alpha value is -0.0400. The molecule has 0 unspecified atom stereocenters. The summed E-state index contributed by atoms with van der Waals surface area (Å²) < 4.78 is 5.17. The Balaban J connectivity index is 0.00000180. The van der Waals surface area contributed by atoms with E-state index in [9.17, 15) is 0 Å². The molecule has 1 saturated heterocycles. The first-order chi connectivity index (χ1) is 8.76. The van der Waals surface area contributed by atoms with Gasteiger partial charge in [0, 0.05) is 33.4 Å². The number of halogens is 1. The first-order valence-electron chi connectivity index (χ1n) is 7.30. The van der Waals surface area contributed by atoms with Gasteiger partial charge in [-0.2, -0.15) is 0 Å². The fourth-order valence-electron chi connectivity index (χ4n) is 2.63. The fraction of sp³-hybridized carbons (Fsp3) is 0.929. The Morgan fingerprint density at radius 1 is 1.21 bits per heavy atom. The molecule has 1 aliphatic carbocycles. The van der Waals surface area contributed by atoms with E-state index in [-0.39, 0.29) is 24.0 Å². The van der Waals surface area contributed by atoms with Gasteiger partial charge in [0.25, 0.3) is 0 Å². The van der Waals surface area contributed by atoms with Crippen molar-refractivity contribution in [3.63, 3.8) is 0 Å². The minimum absolute atomic E-state index is 0. The summed E-state index contributed by atoms with van der Waals surface area (Å²) in [5, 5.41) is 0. The molecule has 0 aromatic carbocycles. The predicted molar refractivity (Wildman–Crippen MR) is 90.1 cm³/mol. The lowest BCUT2D eigenvalue weighted by atomic mass is 10.0. The van der Waals surface area contributed by atoms with Crippen molar-refractivity contribution in [3.05, 3.63) is 0 Å². The first kappa shape index (κ1) is 17.0. The van der Waals surface area contributed by atoms with Gasteiger partial charge in [0.2, 0.25) is 0 Å². The molecule has 0 radical (unpaired) electrons. The van der Waals surface area contributed by atoms with Crippen molar-refractivity contribution in [1.29, 1.82) is 0 Å². The largest absolute Gasteiger partial charge is 0.385 e. The van der Waals surface area contributed by atoms with E-state index in [1.165, 1.54) is 38.5 Å². The zero-order valence-electron chi connectivity index (χ0n) is 12.1. The number of guanidine groups is 1. The number of nitrogens with zero attached hydrogens (tertiary/aromatic N) is 2. The zero-order chi connectivity index (χ0) is 12.8. The lowest BCUT2D eigenvalue weighted by Gasteiger charge is -2.22. The van der Waals surface area contributed by atoms with Crippen LogP contribution in [0.4, 0.5) is 0 Å². The van der Waals surface area contributed by atoms with E-state index in [1.54, 1.807) is 7.11 Å². The van der Waals surface area contributed by atoms with E-state index in [0.29, 0.717) is 5.41 Å². The lowest BCUT2D eigenvalue weighted by Crippen LogP contribution is -2.38. The van der Waals surface area contributed by atoms with Gasteiger partial charge in [0.15, 0.2) is 5.96 Å². The monoisotopic (exact) mass is 381 g/mol. The Kier molecular flexibility index (Phi) is 7.42. The summed E-state index contributed by atoms with van der Waals surface area (Å²) in [6, 6.07) is 0. The van der Waals surface area contributed by atoms with Gasteiger partial charge in [-0.05, 0) is 37.5 Å². The molecule has 5 heteroatoms. The highest BCUT2D eigenvalue weighted by atomic mass is 127. The smallest absolute Gasteiger partial charge is 0.191 e. The van der Waals surface area contributed by atoms with Crippen LogP contribution in [0.3, 0.4) is 0 Å². The van der Waals surface area contributed by atoms with Crippen LogP contribution in [0.2, 0.25) is 0 Å². The maximum absolute atomic E-state index is 6.13. The molecule has 2 aliphatic rings. The normalized spacial score (nSPS) is 22.6. The van der Waals surface area contributed by atoms with Crippen LogP contribution in [-0.4, -0.2) is 44.2 Å². The van der Waals surface area contributed by atoms with Crippen LogP contribution < -0.4 is 5.73 Å². The Bertz CT molecular complexity index is 284. The third-order valence-corrected chi connectivity index (χ3v) is 4.30. The third-order valence-electron chi connectivity index (χ3n) is 4.30. The number of methoxy groups -OCH3 is 1. The number of nitrogens with two attached hydrogens (primary N) is 1. The summed E-state index contributed by atoms with van der Waals surface area (Å²) in [6.07, 6.45) is 8.87. The molecule has 19 heavy (non-hydrogen) atoms. The lowest BCUT2D eigenvalue weighted by molar-refractivity contribution is 0.174. The van der Waals surface area contributed by atoms with Crippen molar-refractivity contribution in [2.24, 2.45) is 16.1 Å². The quantitative estimate of drug-likeness (QED) is 0.453. The van der Waals surface area contributed by atoms with Crippen LogP contribution in [0, 0.1) is 5.41 Å². The molecule has 0 atom stereocenters. The number of hydrogen-bond acceptors (Lipinski definition) is 2. The molecule has 0 aromatic rings. The number of aliphatic imine (C=N–C) groups is 1. The van der Waals surface area contributed by atoms with Gasteiger partial charge in [-0.1, -0.05) is 12.8 Å². The highest BCUT2D eigenvalue weighted by Gasteiger charge is 2.41. The van der Waals surface area contributed by atoms with Gasteiger partial charge >= 0.3 is 0 Å². The van der Waals surface area contributed by atoms with Crippen LogP contribution in [0.5, 0.6) is 0 Å². The molecule has 2 fully saturated rings. The van der Waals surface area contributed by atoms with Crippen LogP contribution in [0.15, 0.2) is 4.99 Å². The number of rotatable bonds is 5. The molecule has 1 saturated carbocycles. The average Bonchev–Trinajstić information content (AvgIpc) is 3.18. The summed E-state index contributed by atoms with van der Waals surface area (Å²) in [5.41, 5.74) is 6.54. The van der Waals surface area contributed by atoms with Crippen molar-refractivity contribution < 1.29 is 4.74 Å². The third kappa shape index (κ3) is 5.45. The summed E-state index contributed by atoms with van der Waals surface area (Å²) in [7, 11) is 1.77. The van der Waals surface area contributed by atoms with E-state index >= 15 is 0 Å². The maximum Gasteiger partial charge on any atom is 0.191 e. The van der Waals surface area contributed by atoms with E-state index in [2.05, 4.69) is 9.89 Å². The Labute approximate surface area is 134 Å². The van der Waals surface area contributed by atoms with Crippen LogP contribution >= 0.6 is 24.0 Å². The second-order valence-electron chi connectivity index (χ2n) is 5.82. The molecule has 4 nitrogen and oxygen atoms in total. The molecule has 0 spiro atoms. The predicted octanol–water partition coefficient (Wildman–Crippen LogP) is 2.61. The molecule has 2 N–H and O–H groups in total. The van der Waals surface area contributed by atoms with E-state index in [0.717, 1.165) is 38.6 Å². The minimum atomic E-state index is 0. The molecule has 0 bridgehead atoms. The summed E-state index contributed by atoms with van der Waals surface area (Å²) in [6.45, 7) is 3.90. The zero-order valence-corrected chi connectivity index (χ0v) is 14.4. The number of hydrogen-bond donors (Lipinski definition) is 1. The topological polar surface area (TPSA) is 50.9 Å². The molecular weight excluding hydrogens is 353 g/mol. The van der Waals surface area contributed by atoms with Crippen molar-refractivity contribution in [1.82, 2.24) is 4.90 Å². The highest BCUT2D eigenvalue weighted by molar-refractivity contribution is 14.0. The summed E-state index contributed by atoms with van der Waals surface area (Å²) >= 11 is 0. The van der Waals surface area contributed by atoms with Gasteiger partial charge in [-0.3, -0.25) is 4.99 Å². The first-order valence-corrected chi connectivity index (χ1v) is 7.30. The van der Waals surface area contributed by atoms with E-state index in [4.69, 9.17) is 10.5 Å². The molecular formula is C14H28IN3O. The summed E-state index contributed by atoms with van der Waals surface area (Å²) in [4.78, 5) is 6.90. The van der Waals surface area contributed by atoms with Crippen molar-refractivity contribution in [2.45, 2.75) is 44.9 Å². The number of ether oxygens (including phenoxy) is 1. The van der Waals surface area contributed by atoms with Gasteiger partial charge in [0.1, 0.15) is 0 Å². The van der Waals surface area contributed by atoms with E-state index in [1.807, 2.05) is 0 Å². The second-order valence-corrected chi connectivity index (χ2v) is 5.82. The second kappa shape index (κ2) is 8.29. The minimum Gasteiger partial charge on any atom is -0.385 e. The molecule has 2 rings (SSSR count). The van der Waals surface area contributed by atoms with Crippen LogP contribution in [0.1, 0.15) is 44.9 Å². The standard InChI is InChI=1S/C14H27N3O.HI/c1-18-11-8-14(6-7-14)12-16-13(15)17-9-4-2-3-5-10-17;/h2-12H2,1H3,(H2,15,16);1H. The molecule has 112 valence electrons. The van der Waals surface area contributed by atoms with Crippen molar-refractivity contribution >= 4 is 29.9 Å². The van der Waals surface area contributed by atoms with Crippen molar-refractivity contribution in [2.75, 3.05) is 33.4 Å². The summed E-state index contributed by atoms with van der Waals surface area (Å²) in [5.74, 6) is 0.764. The molecule has 0 amide bonds. The fourth-order valence-corrected chi connectivity index (χ4v) is 2.63. The Morgan fingerprint density at radius 3 is 2.37 bits per heavy atom. The van der Waals surface area contributed by atoms with Crippen molar-refractivity contribution in [3.8, 4) is 0 Å². The Morgan fingerprint density at radius 2 is 1.84 bits per heavy atom. The van der Waals surface area contributed by atoms with Crippen LogP contribution in [-0.2, 0) is 4.74 Å². The number of likely N-dealkylation sites (tertiary alicyclic amines) is 1. The highest BCUT2D eigenvalue weighted by Crippen LogP contribution is 2.48. The average molecular weight is 381 g/mol. The van der Waals surface area contributed by atoms with Gasteiger partial charge in [0.05, 0.1) is 0 Å². The van der Waals surface area contributed by atoms with Gasteiger partial charge in [-0.15, -0.1) is 24.0 Å². The molecule has 0 aromatic heterocycles.